The van der Waals surface area contributed by atoms with Crippen LogP contribution in [0.2, 0.25) is 0 Å². The lowest BCUT2D eigenvalue weighted by molar-refractivity contribution is 0.0487. The van der Waals surface area contributed by atoms with E-state index in [0.29, 0.717) is 0 Å². The molecule has 17 heavy (non-hydrogen) atoms. The maximum Gasteiger partial charge on any atom is 0.120 e. The minimum absolute atomic E-state index is 0.0680. The quantitative estimate of drug-likeness (QED) is 0.837. The lowest BCUT2D eigenvalue weighted by Crippen LogP contribution is -2.34. The number of benzene rings is 1. The molecule has 92 valence electrons. The molecule has 0 bridgehead atoms. The zero-order valence-electron chi connectivity index (χ0n) is 10.6. The van der Waals surface area contributed by atoms with Gasteiger partial charge in [-0.25, -0.2) is 0 Å². The van der Waals surface area contributed by atoms with Crippen LogP contribution in [0.25, 0.3) is 0 Å². The molecule has 0 saturated heterocycles. The molecule has 1 aromatic rings. The summed E-state index contributed by atoms with van der Waals surface area (Å²) in [6, 6.07) is 6.48. The molecular formula is C15H21NO. The third-order valence-corrected chi connectivity index (χ3v) is 4.06. The Hall–Kier alpha value is -1.18. The highest BCUT2D eigenvalue weighted by Gasteiger charge is 2.28. The zero-order valence-corrected chi connectivity index (χ0v) is 10.6. The molecule has 0 amide bonds. The van der Waals surface area contributed by atoms with Crippen molar-refractivity contribution in [1.29, 1.82) is 0 Å². The first-order valence-corrected chi connectivity index (χ1v) is 6.81. The predicted molar refractivity (Wildman–Crippen MR) is 70.8 cm³/mol. The second kappa shape index (κ2) is 4.25. The first-order valence-electron chi connectivity index (χ1n) is 6.81. The molecule has 0 unspecified atom stereocenters. The van der Waals surface area contributed by atoms with Crippen molar-refractivity contribution in [2.75, 3.05) is 11.9 Å². The number of nitrogens with one attached hydrogen (secondary N) is 1. The van der Waals surface area contributed by atoms with Crippen molar-refractivity contribution < 1.29 is 4.74 Å². The normalized spacial score (nSPS) is 21.7. The molecule has 1 aromatic carbocycles. The van der Waals surface area contributed by atoms with E-state index >= 15 is 0 Å². The van der Waals surface area contributed by atoms with Crippen molar-refractivity contribution >= 4 is 5.69 Å². The van der Waals surface area contributed by atoms with E-state index in [1.807, 2.05) is 0 Å². The van der Waals surface area contributed by atoms with Crippen LogP contribution < -0.4 is 10.1 Å². The molecule has 2 heteroatoms. The third kappa shape index (κ3) is 2.26. The molecule has 0 aromatic heterocycles. The van der Waals surface area contributed by atoms with Crippen LogP contribution in [0.5, 0.6) is 5.75 Å². The summed E-state index contributed by atoms with van der Waals surface area (Å²) in [6.07, 6.45) is 7.51. The van der Waals surface area contributed by atoms with Crippen molar-refractivity contribution in [3.8, 4) is 5.75 Å². The van der Waals surface area contributed by atoms with Crippen LogP contribution in [0.1, 0.15) is 44.6 Å². The Labute approximate surface area is 103 Å². The van der Waals surface area contributed by atoms with E-state index in [0.717, 1.165) is 18.7 Å². The molecule has 0 radical (unpaired) electrons. The predicted octanol–water partition coefficient (Wildman–Crippen LogP) is 3.76. The third-order valence-electron chi connectivity index (χ3n) is 4.06. The number of hydrogen-bond acceptors (Lipinski definition) is 2. The van der Waals surface area contributed by atoms with Crippen molar-refractivity contribution in [2.45, 2.75) is 51.0 Å². The number of hydrogen-bond donors (Lipinski definition) is 1. The standard InChI is InChI=1S/C15H21NO/c1-15(8-3-2-4-9-15)17-13-5-6-14-12(11-13)7-10-16-14/h5-6,11,16H,2-4,7-10H2,1H3. The lowest BCUT2D eigenvalue weighted by Gasteiger charge is -2.34. The van der Waals surface area contributed by atoms with Crippen LogP contribution >= 0.6 is 0 Å². The van der Waals surface area contributed by atoms with Crippen molar-refractivity contribution in [1.82, 2.24) is 0 Å². The van der Waals surface area contributed by atoms with Gasteiger partial charge in [0.1, 0.15) is 11.4 Å². The molecular weight excluding hydrogens is 210 g/mol. The fraction of sp³-hybridized carbons (Fsp3) is 0.600. The average Bonchev–Trinajstić information content (AvgIpc) is 2.76. The maximum absolute atomic E-state index is 6.24. The van der Waals surface area contributed by atoms with Crippen LogP contribution in [0.15, 0.2) is 18.2 Å². The first kappa shape index (κ1) is 10.9. The fourth-order valence-corrected chi connectivity index (χ4v) is 3.03. The molecule has 2 nitrogen and oxygen atoms in total. The molecule has 1 aliphatic heterocycles. The number of rotatable bonds is 2. The number of fused-ring (bicyclic) bond motifs is 1. The van der Waals surface area contributed by atoms with E-state index in [-0.39, 0.29) is 5.60 Å². The smallest absolute Gasteiger partial charge is 0.120 e. The Bertz CT molecular complexity index is 407. The highest BCUT2D eigenvalue weighted by molar-refractivity contribution is 5.57. The van der Waals surface area contributed by atoms with Gasteiger partial charge in [-0.05, 0) is 62.8 Å². The van der Waals surface area contributed by atoms with E-state index in [1.54, 1.807) is 0 Å². The Morgan fingerprint density at radius 3 is 2.82 bits per heavy atom. The van der Waals surface area contributed by atoms with Gasteiger partial charge in [-0.3, -0.25) is 0 Å². The molecule has 1 N–H and O–H groups in total. The minimum Gasteiger partial charge on any atom is -0.488 e. The summed E-state index contributed by atoms with van der Waals surface area (Å²) in [5.41, 5.74) is 2.76. The van der Waals surface area contributed by atoms with Gasteiger partial charge in [0.15, 0.2) is 0 Å². The molecule has 1 heterocycles. The molecule has 3 rings (SSSR count). The molecule has 1 fully saturated rings. The van der Waals surface area contributed by atoms with Gasteiger partial charge in [0, 0.05) is 12.2 Å². The minimum atomic E-state index is 0.0680. The van der Waals surface area contributed by atoms with Crippen LogP contribution in [-0.4, -0.2) is 12.1 Å². The maximum atomic E-state index is 6.24. The van der Waals surface area contributed by atoms with E-state index in [2.05, 4.69) is 30.4 Å². The van der Waals surface area contributed by atoms with Gasteiger partial charge in [0.25, 0.3) is 0 Å². The van der Waals surface area contributed by atoms with E-state index < -0.39 is 0 Å². The van der Waals surface area contributed by atoms with Gasteiger partial charge in [0.2, 0.25) is 0 Å². The highest BCUT2D eigenvalue weighted by Crippen LogP contribution is 2.34. The molecule has 0 atom stereocenters. The van der Waals surface area contributed by atoms with Gasteiger partial charge in [-0.1, -0.05) is 6.42 Å². The second-order valence-corrected chi connectivity index (χ2v) is 5.61. The fourth-order valence-electron chi connectivity index (χ4n) is 3.03. The monoisotopic (exact) mass is 231 g/mol. The van der Waals surface area contributed by atoms with E-state index in [4.69, 9.17) is 4.74 Å². The lowest BCUT2D eigenvalue weighted by atomic mass is 9.86. The Kier molecular flexibility index (Phi) is 2.73. The summed E-state index contributed by atoms with van der Waals surface area (Å²) in [5, 5.41) is 3.38. The largest absolute Gasteiger partial charge is 0.488 e. The van der Waals surface area contributed by atoms with Crippen LogP contribution in [0, 0.1) is 0 Å². The van der Waals surface area contributed by atoms with E-state index in [1.165, 1.54) is 43.4 Å². The summed E-state index contributed by atoms with van der Waals surface area (Å²) in [4.78, 5) is 0. The zero-order chi connectivity index (χ0) is 11.7. The highest BCUT2D eigenvalue weighted by atomic mass is 16.5. The van der Waals surface area contributed by atoms with E-state index in [9.17, 15) is 0 Å². The Morgan fingerprint density at radius 1 is 1.18 bits per heavy atom. The molecule has 1 saturated carbocycles. The first-order chi connectivity index (χ1) is 8.25. The summed E-state index contributed by atoms with van der Waals surface area (Å²) in [6.45, 7) is 3.33. The summed E-state index contributed by atoms with van der Waals surface area (Å²) in [5.74, 6) is 1.05. The molecule has 1 aliphatic carbocycles. The molecule has 2 aliphatic rings. The van der Waals surface area contributed by atoms with Crippen molar-refractivity contribution in [3.05, 3.63) is 23.8 Å². The van der Waals surface area contributed by atoms with Crippen molar-refractivity contribution in [2.24, 2.45) is 0 Å². The van der Waals surface area contributed by atoms with Crippen LogP contribution in [0.3, 0.4) is 0 Å². The molecule has 0 spiro atoms. The summed E-state index contributed by atoms with van der Waals surface area (Å²) in [7, 11) is 0. The Balaban J connectivity index is 1.76. The van der Waals surface area contributed by atoms with Gasteiger partial charge >= 0.3 is 0 Å². The summed E-state index contributed by atoms with van der Waals surface area (Å²) >= 11 is 0. The number of ether oxygens (including phenoxy) is 1. The van der Waals surface area contributed by atoms with Gasteiger partial charge in [-0.15, -0.1) is 0 Å². The van der Waals surface area contributed by atoms with Crippen LogP contribution in [-0.2, 0) is 6.42 Å². The van der Waals surface area contributed by atoms with Gasteiger partial charge in [-0.2, -0.15) is 0 Å². The van der Waals surface area contributed by atoms with Gasteiger partial charge < -0.3 is 10.1 Å². The topological polar surface area (TPSA) is 21.3 Å². The van der Waals surface area contributed by atoms with Crippen LogP contribution in [0.4, 0.5) is 5.69 Å². The SMILES string of the molecule is CC1(Oc2ccc3c(c2)CCN3)CCCCC1. The Morgan fingerprint density at radius 2 is 2.00 bits per heavy atom. The van der Waals surface area contributed by atoms with Crippen molar-refractivity contribution in [3.63, 3.8) is 0 Å². The average molecular weight is 231 g/mol. The van der Waals surface area contributed by atoms with Gasteiger partial charge in [0.05, 0.1) is 0 Å². The number of anilines is 1. The summed E-state index contributed by atoms with van der Waals surface area (Å²) < 4.78 is 6.24. The second-order valence-electron chi connectivity index (χ2n) is 5.61.